The molecule has 0 atom stereocenters. The van der Waals surface area contributed by atoms with Gasteiger partial charge in [0.1, 0.15) is 15.9 Å². The molecule has 0 fully saturated rings. The summed E-state index contributed by atoms with van der Waals surface area (Å²) in [6.45, 7) is 2.07. The standard InChI is InChI=1S/C30H24N2OPS/c1-23-17-19-24(20-18-23)28-32-29(30(33-28)35-22-21-31)34(25-11-5-2-6-12-25,26-13-7-3-8-14-26)27-15-9-4-10-16-27/h2-20H,22H2,1H3/q+1. The Morgan fingerprint density at radius 2 is 1.23 bits per heavy atom. The summed E-state index contributed by atoms with van der Waals surface area (Å²) in [6, 6.07) is 42.2. The zero-order valence-electron chi connectivity index (χ0n) is 19.3. The molecule has 0 N–H and O–H groups in total. The third-order valence-corrected chi connectivity index (χ3v) is 11.0. The predicted octanol–water partition coefficient (Wildman–Crippen LogP) is 5.89. The Morgan fingerprint density at radius 1 is 0.743 bits per heavy atom. The first-order valence-electron chi connectivity index (χ1n) is 11.4. The van der Waals surface area contributed by atoms with Crippen molar-refractivity contribution in [1.82, 2.24) is 4.98 Å². The lowest BCUT2D eigenvalue weighted by Crippen LogP contribution is -2.40. The lowest BCUT2D eigenvalue weighted by Gasteiger charge is -2.25. The summed E-state index contributed by atoms with van der Waals surface area (Å²) in [5, 5.41) is 13.7. The smallest absolute Gasteiger partial charge is 0.251 e. The van der Waals surface area contributed by atoms with Crippen LogP contribution in [0.1, 0.15) is 5.56 Å². The molecule has 0 radical (unpaired) electrons. The van der Waals surface area contributed by atoms with Crippen molar-refractivity contribution in [1.29, 1.82) is 5.26 Å². The zero-order chi connectivity index (χ0) is 24.1. The van der Waals surface area contributed by atoms with Gasteiger partial charge in [-0.2, -0.15) is 10.2 Å². The highest BCUT2D eigenvalue weighted by Gasteiger charge is 2.52. The SMILES string of the molecule is Cc1ccc(-c2nc([P+](c3ccccc3)(c3ccccc3)c3ccccc3)c(SCC#N)o2)cc1. The highest BCUT2D eigenvalue weighted by Crippen LogP contribution is 2.56. The van der Waals surface area contributed by atoms with Crippen molar-refractivity contribution in [2.45, 2.75) is 12.0 Å². The maximum atomic E-state index is 9.40. The minimum Gasteiger partial charge on any atom is -0.425 e. The number of oxazole rings is 1. The van der Waals surface area contributed by atoms with Crippen LogP contribution in [0.5, 0.6) is 0 Å². The molecule has 0 aliphatic carbocycles. The van der Waals surface area contributed by atoms with E-state index in [1.807, 2.05) is 30.3 Å². The van der Waals surface area contributed by atoms with E-state index >= 15 is 0 Å². The molecule has 5 rings (SSSR count). The molecular weight excluding hydrogens is 467 g/mol. The van der Waals surface area contributed by atoms with Crippen LogP contribution >= 0.6 is 19.0 Å². The van der Waals surface area contributed by atoms with E-state index in [-0.39, 0.29) is 5.75 Å². The van der Waals surface area contributed by atoms with Crippen LogP contribution in [0.2, 0.25) is 0 Å². The van der Waals surface area contributed by atoms with E-state index < -0.39 is 7.26 Å². The Morgan fingerprint density at radius 3 is 1.69 bits per heavy atom. The number of nitrogens with zero attached hydrogens (tertiary/aromatic N) is 2. The normalized spacial score (nSPS) is 11.2. The van der Waals surface area contributed by atoms with Gasteiger partial charge >= 0.3 is 0 Å². The first kappa shape index (κ1) is 23.1. The summed E-state index contributed by atoms with van der Waals surface area (Å²) in [6.07, 6.45) is 0. The Balaban J connectivity index is 1.87. The van der Waals surface area contributed by atoms with E-state index in [4.69, 9.17) is 9.40 Å². The molecule has 0 unspecified atom stereocenters. The number of thioether (sulfide) groups is 1. The number of aryl methyl sites for hydroxylation is 1. The molecule has 0 aliphatic heterocycles. The average Bonchev–Trinajstić information content (AvgIpc) is 3.34. The predicted molar refractivity (Wildman–Crippen MR) is 148 cm³/mol. The van der Waals surface area contributed by atoms with Gasteiger partial charge in [-0.25, -0.2) is 0 Å². The van der Waals surface area contributed by atoms with Crippen molar-refractivity contribution < 1.29 is 4.42 Å². The van der Waals surface area contributed by atoms with Crippen molar-refractivity contribution in [3.05, 3.63) is 121 Å². The summed E-state index contributed by atoms with van der Waals surface area (Å²) in [5.74, 6) is 0.862. The number of aromatic nitrogens is 1. The third-order valence-electron chi connectivity index (χ3n) is 5.89. The third kappa shape index (κ3) is 4.42. The van der Waals surface area contributed by atoms with Gasteiger partial charge in [0, 0.05) is 5.56 Å². The Hall–Kier alpha value is -3.64. The fraction of sp³-hybridized carbons (Fsp3) is 0.0667. The molecule has 1 heterocycles. The van der Waals surface area contributed by atoms with Crippen molar-refractivity contribution >= 4 is 40.4 Å². The van der Waals surface area contributed by atoms with Crippen LogP contribution in [0.4, 0.5) is 0 Å². The fourth-order valence-corrected chi connectivity index (χ4v) is 9.45. The lowest BCUT2D eigenvalue weighted by molar-refractivity contribution is 0.487. The highest BCUT2D eigenvalue weighted by atomic mass is 32.2. The molecule has 5 aromatic rings. The molecule has 0 spiro atoms. The number of hydrogen-bond donors (Lipinski definition) is 0. The summed E-state index contributed by atoms with van der Waals surface area (Å²) in [5.41, 5.74) is 3.00. The van der Waals surface area contributed by atoms with Crippen LogP contribution in [0.15, 0.2) is 125 Å². The van der Waals surface area contributed by atoms with Crippen LogP contribution in [-0.4, -0.2) is 10.7 Å². The summed E-state index contributed by atoms with van der Waals surface area (Å²) >= 11 is 1.41. The van der Waals surface area contributed by atoms with Crippen molar-refractivity contribution in [3.8, 4) is 17.5 Å². The van der Waals surface area contributed by atoms with Gasteiger partial charge < -0.3 is 4.42 Å². The van der Waals surface area contributed by atoms with Crippen LogP contribution in [0.25, 0.3) is 11.5 Å². The second-order valence-electron chi connectivity index (χ2n) is 8.12. The Kier molecular flexibility index (Phi) is 6.82. The molecule has 5 heteroatoms. The first-order valence-corrected chi connectivity index (χ1v) is 14.1. The van der Waals surface area contributed by atoms with E-state index in [1.54, 1.807) is 0 Å². The van der Waals surface area contributed by atoms with Gasteiger partial charge in [-0.05, 0) is 55.5 Å². The van der Waals surface area contributed by atoms with Gasteiger partial charge in [0.15, 0.2) is 7.26 Å². The topological polar surface area (TPSA) is 49.8 Å². The van der Waals surface area contributed by atoms with Gasteiger partial charge in [-0.3, -0.25) is 0 Å². The Labute approximate surface area is 210 Å². The van der Waals surface area contributed by atoms with Crippen LogP contribution in [0.3, 0.4) is 0 Å². The van der Waals surface area contributed by atoms with Gasteiger partial charge in [0.05, 0.1) is 11.8 Å². The van der Waals surface area contributed by atoms with E-state index in [9.17, 15) is 5.26 Å². The van der Waals surface area contributed by atoms with Crippen LogP contribution < -0.4 is 21.3 Å². The summed E-state index contributed by atoms with van der Waals surface area (Å²) in [4.78, 5) is 5.22. The average molecular weight is 492 g/mol. The number of rotatable bonds is 7. The molecule has 0 aliphatic rings. The van der Waals surface area contributed by atoms with Crippen molar-refractivity contribution in [3.63, 3.8) is 0 Å². The monoisotopic (exact) mass is 491 g/mol. The van der Waals surface area contributed by atoms with E-state index in [0.29, 0.717) is 11.0 Å². The fourth-order valence-electron chi connectivity index (χ4n) is 4.29. The molecule has 0 bridgehead atoms. The van der Waals surface area contributed by atoms with Crippen LogP contribution in [-0.2, 0) is 0 Å². The molecule has 3 nitrogen and oxygen atoms in total. The van der Waals surface area contributed by atoms with Gasteiger partial charge in [0.25, 0.3) is 5.44 Å². The number of hydrogen-bond acceptors (Lipinski definition) is 4. The van der Waals surface area contributed by atoms with E-state index in [2.05, 4.69) is 97.9 Å². The molecule has 0 amide bonds. The molecule has 0 saturated carbocycles. The quantitative estimate of drug-likeness (QED) is 0.211. The summed E-state index contributed by atoms with van der Waals surface area (Å²) in [7, 11) is -2.43. The minimum absolute atomic E-state index is 0.286. The maximum Gasteiger partial charge on any atom is 0.251 e. The molecule has 170 valence electrons. The maximum absolute atomic E-state index is 9.40. The largest absolute Gasteiger partial charge is 0.425 e. The number of nitriles is 1. The summed E-state index contributed by atoms with van der Waals surface area (Å²) < 4.78 is 6.44. The van der Waals surface area contributed by atoms with Gasteiger partial charge in [-0.15, -0.1) is 0 Å². The minimum atomic E-state index is -2.43. The van der Waals surface area contributed by atoms with E-state index in [1.165, 1.54) is 33.2 Å². The number of benzene rings is 4. The molecular formula is C30H24N2OPS+. The molecule has 0 saturated heterocycles. The molecule has 1 aromatic heterocycles. The molecule has 4 aromatic carbocycles. The van der Waals surface area contributed by atoms with Gasteiger partial charge in [0.2, 0.25) is 11.0 Å². The first-order chi connectivity index (χ1) is 17.2. The zero-order valence-corrected chi connectivity index (χ0v) is 21.0. The van der Waals surface area contributed by atoms with Crippen molar-refractivity contribution in [2.75, 3.05) is 5.75 Å². The molecule has 35 heavy (non-hydrogen) atoms. The highest BCUT2D eigenvalue weighted by molar-refractivity contribution is 8.04. The second-order valence-corrected chi connectivity index (χ2v) is 12.4. The van der Waals surface area contributed by atoms with E-state index in [0.717, 1.165) is 11.0 Å². The lowest BCUT2D eigenvalue weighted by atomic mass is 10.1. The van der Waals surface area contributed by atoms with Gasteiger partial charge in [-0.1, -0.05) is 84.1 Å². The Bertz CT molecular complexity index is 1350. The van der Waals surface area contributed by atoms with Crippen molar-refractivity contribution in [2.24, 2.45) is 0 Å². The van der Waals surface area contributed by atoms with Crippen LogP contribution in [0, 0.1) is 18.3 Å². The second kappa shape index (κ2) is 10.3.